The van der Waals surface area contributed by atoms with Crippen molar-refractivity contribution in [2.75, 3.05) is 47.9 Å². The number of hydrogen-bond acceptors (Lipinski definition) is 6. The van der Waals surface area contributed by atoms with Crippen molar-refractivity contribution in [2.45, 2.75) is 17.9 Å². The van der Waals surface area contributed by atoms with E-state index in [9.17, 15) is 19.2 Å². The van der Waals surface area contributed by atoms with Crippen molar-refractivity contribution in [1.29, 1.82) is 5.26 Å². The topological polar surface area (TPSA) is 129 Å². The van der Waals surface area contributed by atoms with Crippen LogP contribution in [0.3, 0.4) is 0 Å². The summed E-state index contributed by atoms with van der Waals surface area (Å²) in [6.07, 6.45) is 9.12. The normalized spacial score (nSPS) is 11.4. The third-order valence-corrected chi connectivity index (χ3v) is 8.28. The first kappa shape index (κ1) is 32.0. The van der Waals surface area contributed by atoms with Crippen molar-refractivity contribution < 1.29 is 19.2 Å². The molecule has 44 heavy (non-hydrogen) atoms. The van der Waals surface area contributed by atoms with Crippen LogP contribution in [0, 0.1) is 11.3 Å². The summed E-state index contributed by atoms with van der Waals surface area (Å²) in [6.45, 7) is 1.61. The van der Waals surface area contributed by atoms with Crippen molar-refractivity contribution in [3.8, 4) is 6.07 Å². The van der Waals surface area contributed by atoms with Gasteiger partial charge in [-0.1, -0.05) is 0 Å². The number of nitriles is 1. The van der Waals surface area contributed by atoms with Gasteiger partial charge in [0.05, 0.1) is 23.1 Å². The molecule has 0 fully saturated rings. The lowest BCUT2D eigenvalue weighted by atomic mass is 10.2. The molecule has 4 rings (SSSR count). The van der Waals surface area contributed by atoms with Crippen LogP contribution in [-0.2, 0) is 0 Å². The van der Waals surface area contributed by atoms with E-state index in [1.54, 1.807) is 63.1 Å². The van der Waals surface area contributed by atoms with Gasteiger partial charge in [0.2, 0.25) is 0 Å². The highest BCUT2D eigenvalue weighted by molar-refractivity contribution is 7.99. The zero-order valence-corrected chi connectivity index (χ0v) is 26.1. The fourth-order valence-corrected chi connectivity index (χ4v) is 4.93. The van der Waals surface area contributed by atoms with Crippen LogP contribution in [0.1, 0.15) is 17.3 Å². The monoisotopic (exact) mass is 634 g/mol. The number of rotatable bonds is 8. The molecule has 4 aromatic rings. The SMILES string of the molecule is CC(C#N)N(C)C(=O)n1ccc(N(C)C(=O)n2ccc(N(C)C(=O)n3ccc(NC(=O)c4ccc(SCCCl)cc4)c3)c2)c1. The fourth-order valence-electron chi connectivity index (χ4n) is 4.06. The predicted molar refractivity (Wildman–Crippen MR) is 171 cm³/mol. The van der Waals surface area contributed by atoms with Gasteiger partial charge in [-0.05, 0) is 49.4 Å². The molecule has 12 nitrogen and oxygen atoms in total. The van der Waals surface area contributed by atoms with Gasteiger partial charge in [0.1, 0.15) is 6.04 Å². The molecule has 0 aliphatic carbocycles. The molecule has 1 N–H and O–H groups in total. The second-order valence-electron chi connectivity index (χ2n) is 9.76. The summed E-state index contributed by atoms with van der Waals surface area (Å²) in [7, 11) is 4.66. The van der Waals surface area contributed by atoms with Crippen LogP contribution in [0.25, 0.3) is 0 Å². The maximum absolute atomic E-state index is 13.2. The molecular weight excluding hydrogens is 604 g/mol. The number of aromatic nitrogens is 3. The van der Waals surface area contributed by atoms with Crippen LogP contribution >= 0.6 is 23.4 Å². The van der Waals surface area contributed by atoms with Crippen LogP contribution in [-0.4, -0.2) is 81.4 Å². The lowest BCUT2D eigenvalue weighted by Crippen LogP contribution is -2.36. The van der Waals surface area contributed by atoms with E-state index < -0.39 is 24.1 Å². The molecule has 0 aliphatic heterocycles. The quantitative estimate of drug-likeness (QED) is 0.196. The average Bonchev–Trinajstić information content (AvgIpc) is 3.83. The van der Waals surface area contributed by atoms with Crippen molar-refractivity contribution in [3.63, 3.8) is 0 Å². The van der Waals surface area contributed by atoms with Crippen molar-refractivity contribution in [3.05, 3.63) is 85.2 Å². The van der Waals surface area contributed by atoms with Crippen LogP contribution < -0.4 is 15.1 Å². The molecule has 0 saturated carbocycles. The largest absolute Gasteiger partial charge is 0.332 e. The van der Waals surface area contributed by atoms with E-state index in [4.69, 9.17) is 16.9 Å². The van der Waals surface area contributed by atoms with E-state index in [-0.39, 0.29) is 5.91 Å². The minimum absolute atomic E-state index is 0.305. The van der Waals surface area contributed by atoms with Gasteiger partial charge in [-0.2, -0.15) is 5.26 Å². The first-order chi connectivity index (χ1) is 21.0. The molecule has 1 aromatic carbocycles. The van der Waals surface area contributed by atoms with Gasteiger partial charge in [0, 0.05) is 80.4 Å². The number of carbonyl (C=O) groups excluding carboxylic acids is 4. The van der Waals surface area contributed by atoms with Gasteiger partial charge >= 0.3 is 18.1 Å². The molecule has 0 bridgehead atoms. The number of benzene rings is 1. The van der Waals surface area contributed by atoms with Gasteiger partial charge < -0.3 is 10.2 Å². The van der Waals surface area contributed by atoms with E-state index in [1.807, 2.05) is 18.2 Å². The first-order valence-corrected chi connectivity index (χ1v) is 14.9. The Hall–Kier alpha value is -4.93. The van der Waals surface area contributed by atoms with Crippen molar-refractivity contribution >= 4 is 64.4 Å². The van der Waals surface area contributed by atoms with E-state index in [2.05, 4.69) is 5.32 Å². The highest BCUT2D eigenvalue weighted by Crippen LogP contribution is 2.21. The molecule has 3 heterocycles. The average molecular weight is 635 g/mol. The Morgan fingerprint density at radius 3 is 1.91 bits per heavy atom. The summed E-state index contributed by atoms with van der Waals surface area (Å²) < 4.78 is 3.95. The molecule has 4 amide bonds. The number of anilines is 3. The van der Waals surface area contributed by atoms with Gasteiger partial charge in [0.15, 0.2) is 0 Å². The maximum atomic E-state index is 13.2. The second-order valence-corrected chi connectivity index (χ2v) is 11.3. The minimum atomic E-state index is -0.614. The Bertz CT molecular complexity index is 1700. The Balaban J connectivity index is 1.37. The number of halogens is 1. The van der Waals surface area contributed by atoms with Crippen LogP contribution in [0.15, 0.2) is 84.5 Å². The molecule has 1 unspecified atom stereocenters. The van der Waals surface area contributed by atoms with E-state index >= 15 is 0 Å². The summed E-state index contributed by atoms with van der Waals surface area (Å²) >= 11 is 7.33. The number of amides is 4. The summed E-state index contributed by atoms with van der Waals surface area (Å²) in [4.78, 5) is 56.7. The maximum Gasteiger partial charge on any atom is 0.332 e. The lowest BCUT2D eigenvalue weighted by Gasteiger charge is -2.20. The number of carbonyl (C=O) groups is 4. The summed E-state index contributed by atoms with van der Waals surface area (Å²) in [5.41, 5.74) is 1.86. The standard InChI is InChI=1S/C30H31ClN8O4S/c1-21(17-32)34(2)28(41)38-14-10-24(19-38)36(4)30(43)39-15-11-25(20-39)35(3)29(42)37-13-9-23(18-37)33-27(40)22-5-7-26(8-6-22)44-16-12-31/h5-11,13-15,18-21H,12,16H2,1-4H3,(H,33,40). The molecule has 1 atom stereocenters. The molecular formula is C30H31ClN8O4S. The predicted octanol–water partition coefficient (Wildman–Crippen LogP) is 5.70. The lowest BCUT2D eigenvalue weighted by molar-refractivity contribution is 0.102. The summed E-state index contributed by atoms with van der Waals surface area (Å²) in [5, 5.41) is 11.9. The molecule has 0 aliphatic rings. The van der Waals surface area contributed by atoms with Crippen molar-refractivity contribution in [1.82, 2.24) is 18.6 Å². The van der Waals surface area contributed by atoms with E-state index in [0.717, 1.165) is 10.6 Å². The summed E-state index contributed by atoms with van der Waals surface area (Å²) in [5.74, 6) is 1.02. The van der Waals surface area contributed by atoms with Gasteiger partial charge in [-0.3, -0.25) is 28.3 Å². The smallest absolute Gasteiger partial charge is 0.321 e. The Kier molecular flexibility index (Phi) is 10.2. The Morgan fingerprint density at radius 2 is 1.36 bits per heavy atom. The number of thioether (sulfide) groups is 1. The summed E-state index contributed by atoms with van der Waals surface area (Å²) in [6, 6.07) is 12.2. The van der Waals surface area contributed by atoms with Crippen molar-refractivity contribution in [2.24, 2.45) is 0 Å². The number of hydrogen-bond donors (Lipinski definition) is 1. The Labute approximate surface area is 264 Å². The number of nitrogens with zero attached hydrogens (tertiary/aromatic N) is 7. The fraction of sp³-hybridized carbons (Fsp3) is 0.233. The van der Waals surface area contributed by atoms with Crippen LogP contribution in [0.5, 0.6) is 0 Å². The highest BCUT2D eigenvalue weighted by Gasteiger charge is 2.21. The molecule has 3 aromatic heterocycles. The number of nitrogens with one attached hydrogen (secondary N) is 1. The molecule has 0 radical (unpaired) electrons. The van der Waals surface area contributed by atoms with E-state index in [0.29, 0.717) is 28.5 Å². The zero-order chi connectivity index (χ0) is 32.0. The van der Waals surface area contributed by atoms with Crippen LogP contribution in [0.4, 0.5) is 31.4 Å². The van der Waals surface area contributed by atoms with Gasteiger partial charge in [0.25, 0.3) is 5.91 Å². The molecule has 0 spiro atoms. The van der Waals surface area contributed by atoms with Gasteiger partial charge in [-0.25, -0.2) is 14.4 Å². The van der Waals surface area contributed by atoms with E-state index in [1.165, 1.54) is 72.6 Å². The number of alkyl halides is 1. The Morgan fingerprint density at radius 1 is 0.841 bits per heavy atom. The minimum Gasteiger partial charge on any atom is -0.321 e. The first-order valence-electron chi connectivity index (χ1n) is 13.4. The third-order valence-electron chi connectivity index (χ3n) is 6.85. The molecule has 0 saturated heterocycles. The van der Waals surface area contributed by atoms with Gasteiger partial charge in [-0.15, -0.1) is 23.4 Å². The molecule has 228 valence electrons. The van der Waals surface area contributed by atoms with Crippen LogP contribution in [0.2, 0.25) is 0 Å². The second kappa shape index (κ2) is 14.0. The third kappa shape index (κ3) is 7.16. The molecule has 14 heteroatoms. The zero-order valence-electron chi connectivity index (χ0n) is 24.5. The highest BCUT2D eigenvalue weighted by atomic mass is 35.5.